The number of hydrogen-bond acceptors (Lipinski definition) is 3. The average molecular weight is 425 g/mol. The summed E-state index contributed by atoms with van der Waals surface area (Å²) in [7, 11) is 1.54. The molecule has 2 aromatic rings. The van der Waals surface area contributed by atoms with Crippen molar-refractivity contribution in [2.24, 2.45) is 5.92 Å². The number of benzene rings is 2. The first-order chi connectivity index (χ1) is 15.0. The molecule has 6 heteroatoms. The second kappa shape index (κ2) is 9.08. The Labute approximate surface area is 182 Å². The maximum Gasteiger partial charge on any atom is 0.258 e. The minimum Gasteiger partial charge on any atom is -0.496 e. The standard InChI is InChI=1S/C25H29FN2O3/c1-16(18-10-4-6-12-20(18)26)27-24(29)22-15-17-9-3-7-13-21(17)28(22)25(30)19-11-5-8-14-23(19)31-2/h4-6,8,10-12,14,16-17,21-22H,3,7,9,13,15H2,1-2H3,(H,27,29)/t16-,17-,21+,22+/m1/s1. The van der Waals surface area contributed by atoms with Crippen molar-refractivity contribution in [2.45, 2.75) is 57.2 Å². The van der Waals surface area contributed by atoms with Crippen molar-refractivity contribution >= 4 is 11.8 Å². The third-order valence-corrected chi connectivity index (χ3v) is 6.69. The van der Waals surface area contributed by atoms with Gasteiger partial charge in [0.1, 0.15) is 17.6 Å². The van der Waals surface area contributed by atoms with Crippen molar-refractivity contribution in [3.63, 3.8) is 0 Å². The number of carbonyl (C=O) groups is 2. The van der Waals surface area contributed by atoms with E-state index < -0.39 is 12.1 Å². The lowest BCUT2D eigenvalue weighted by molar-refractivity contribution is -0.125. The van der Waals surface area contributed by atoms with Gasteiger partial charge in [0.25, 0.3) is 5.91 Å². The van der Waals surface area contributed by atoms with E-state index in [0.29, 0.717) is 29.2 Å². The van der Waals surface area contributed by atoms with E-state index in [0.717, 1.165) is 25.7 Å². The zero-order valence-electron chi connectivity index (χ0n) is 18.0. The summed E-state index contributed by atoms with van der Waals surface area (Å²) in [5.74, 6) is 0.0638. The number of nitrogens with one attached hydrogen (secondary N) is 1. The summed E-state index contributed by atoms with van der Waals surface area (Å²) >= 11 is 0. The highest BCUT2D eigenvalue weighted by Crippen LogP contribution is 2.41. The van der Waals surface area contributed by atoms with Gasteiger partial charge in [-0.2, -0.15) is 0 Å². The van der Waals surface area contributed by atoms with Gasteiger partial charge < -0.3 is 15.0 Å². The Balaban J connectivity index is 1.61. The van der Waals surface area contributed by atoms with E-state index in [2.05, 4.69) is 5.32 Å². The highest BCUT2D eigenvalue weighted by molar-refractivity contribution is 6.00. The Morgan fingerprint density at radius 3 is 2.58 bits per heavy atom. The van der Waals surface area contributed by atoms with Gasteiger partial charge in [0.05, 0.1) is 18.7 Å². The van der Waals surface area contributed by atoms with Crippen LogP contribution >= 0.6 is 0 Å². The number of hydrogen-bond donors (Lipinski definition) is 1. The van der Waals surface area contributed by atoms with Crippen molar-refractivity contribution in [2.75, 3.05) is 7.11 Å². The highest BCUT2D eigenvalue weighted by atomic mass is 19.1. The van der Waals surface area contributed by atoms with Crippen LogP contribution in [-0.2, 0) is 4.79 Å². The van der Waals surface area contributed by atoms with Crippen molar-refractivity contribution in [1.29, 1.82) is 0 Å². The van der Waals surface area contributed by atoms with Crippen LogP contribution in [0.2, 0.25) is 0 Å². The number of amides is 2. The normalized spacial score (nSPS) is 23.7. The third kappa shape index (κ3) is 4.16. The van der Waals surface area contributed by atoms with Gasteiger partial charge in [-0.15, -0.1) is 0 Å². The van der Waals surface area contributed by atoms with Crippen molar-refractivity contribution in [3.8, 4) is 5.75 Å². The lowest BCUT2D eigenvalue weighted by Crippen LogP contribution is -2.50. The Morgan fingerprint density at radius 2 is 1.81 bits per heavy atom. The molecule has 164 valence electrons. The summed E-state index contributed by atoms with van der Waals surface area (Å²) in [4.78, 5) is 28.7. The SMILES string of the molecule is COc1ccccc1C(=O)N1[C@H](C(=O)N[C@H](C)c2ccccc2F)C[C@H]2CCCC[C@@H]21. The molecule has 1 N–H and O–H groups in total. The van der Waals surface area contributed by atoms with Crippen LogP contribution < -0.4 is 10.1 Å². The molecule has 0 aromatic heterocycles. The largest absolute Gasteiger partial charge is 0.496 e. The van der Waals surface area contributed by atoms with E-state index in [9.17, 15) is 14.0 Å². The van der Waals surface area contributed by atoms with Crippen molar-refractivity contribution in [1.82, 2.24) is 10.2 Å². The predicted molar refractivity (Wildman–Crippen MR) is 116 cm³/mol. The number of carbonyl (C=O) groups excluding carboxylic acids is 2. The number of nitrogens with zero attached hydrogens (tertiary/aromatic N) is 1. The van der Waals surface area contributed by atoms with E-state index in [1.807, 2.05) is 6.07 Å². The molecule has 2 aliphatic rings. The Bertz CT molecular complexity index is 963. The van der Waals surface area contributed by atoms with Crippen LogP contribution in [0.4, 0.5) is 4.39 Å². The molecule has 1 heterocycles. The molecular weight excluding hydrogens is 395 g/mol. The topological polar surface area (TPSA) is 58.6 Å². The number of fused-ring (bicyclic) bond motifs is 1. The number of para-hydroxylation sites is 1. The molecule has 2 amide bonds. The van der Waals surface area contributed by atoms with Crippen LogP contribution in [0, 0.1) is 11.7 Å². The minimum absolute atomic E-state index is 0.0469. The van der Waals surface area contributed by atoms with Gasteiger partial charge in [0, 0.05) is 11.6 Å². The molecule has 5 nitrogen and oxygen atoms in total. The molecule has 2 fully saturated rings. The van der Waals surface area contributed by atoms with Crippen LogP contribution in [0.3, 0.4) is 0 Å². The molecule has 4 rings (SSSR count). The first-order valence-electron chi connectivity index (χ1n) is 11.0. The van der Waals surface area contributed by atoms with E-state index in [1.165, 1.54) is 6.07 Å². The van der Waals surface area contributed by atoms with Crippen LogP contribution in [-0.4, -0.2) is 35.9 Å². The summed E-state index contributed by atoms with van der Waals surface area (Å²) in [6.07, 6.45) is 4.74. The van der Waals surface area contributed by atoms with E-state index in [-0.39, 0.29) is 23.7 Å². The second-order valence-electron chi connectivity index (χ2n) is 8.53. The van der Waals surface area contributed by atoms with E-state index in [1.54, 1.807) is 55.3 Å². The van der Waals surface area contributed by atoms with Crippen LogP contribution in [0.1, 0.15) is 61.0 Å². The molecule has 1 saturated carbocycles. The fourth-order valence-electron chi connectivity index (χ4n) is 5.16. The Kier molecular flexibility index (Phi) is 6.25. The van der Waals surface area contributed by atoms with Crippen LogP contribution in [0.5, 0.6) is 5.75 Å². The summed E-state index contributed by atoms with van der Waals surface area (Å²) in [5, 5.41) is 2.95. The lowest BCUT2D eigenvalue weighted by atomic mass is 9.84. The molecule has 1 saturated heterocycles. The average Bonchev–Trinajstić information content (AvgIpc) is 3.18. The molecule has 0 radical (unpaired) electrons. The molecule has 0 unspecified atom stereocenters. The lowest BCUT2D eigenvalue weighted by Gasteiger charge is -2.34. The predicted octanol–water partition coefficient (Wildman–Crippen LogP) is 4.49. The van der Waals surface area contributed by atoms with Crippen LogP contribution in [0.15, 0.2) is 48.5 Å². The van der Waals surface area contributed by atoms with Crippen molar-refractivity contribution in [3.05, 3.63) is 65.5 Å². The van der Waals surface area contributed by atoms with Gasteiger partial charge in [0.2, 0.25) is 5.91 Å². The highest BCUT2D eigenvalue weighted by Gasteiger charge is 2.48. The molecule has 0 bridgehead atoms. The van der Waals surface area contributed by atoms with E-state index in [4.69, 9.17) is 4.74 Å². The maximum atomic E-state index is 14.2. The molecule has 1 aliphatic heterocycles. The minimum atomic E-state index is -0.570. The van der Waals surface area contributed by atoms with Crippen molar-refractivity contribution < 1.29 is 18.7 Å². The van der Waals surface area contributed by atoms with Gasteiger partial charge in [-0.05, 0) is 50.3 Å². The molecule has 4 atom stereocenters. The Morgan fingerprint density at radius 1 is 1.10 bits per heavy atom. The fourth-order valence-corrected chi connectivity index (χ4v) is 5.16. The number of likely N-dealkylation sites (tertiary alicyclic amines) is 1. The van der Waals surface area contributed by atoms with Gasteiger partial charge in [-0.1, -0.05) is 43.2 Å². The quantitative estimate of drug-likeness (QED) is 0.770. The number of halogens is 1. The second-order valence-corrected chi connectivity index (χ2v) is 8.53. The molecule has 2 aromatic carbocycles. The summed E-state index contributed by atoms with van der Waals surface area (Å²) in [6, 6.07) is 12.6. The molecule has 1 aliphatic carbocycles. The molecular formula is C25H29FN2O3. The zero-order chi connectivity index (χ0) is 22.0. The van der Waals surface area contributed by atoms with E-state index >= 15 is 0 Å². The molecule has 0 spiro atoms. The van der Waals surface area contributed by atoms with Gasteiger partial charge >= 0.3 is 0 Å². The number of rotatable bonds is 5. The van der Waals surface area contributed by atoms with Gasteiger partial charge in [-0.25, -0.2) is 4.39 Å². The fraction of sp³-hybridized carbons (Fsp3) is 0.440. The maximum absolute atomic E-state index is 14.2. The summed E-state index contributed by atoms with van der Waals surface area (Å²) in [5.41, 5.74) is 0.907. The zero-order valence-corrected chi connectivity index (χ0v) is 18.0. The van der Waals surface area contributed by atoms with Gasteiger partial charge in [0.15, 0.2) is 0 Å². The van der Waals surface area contributed by atoms with Gasteiger partial charge in [-0.3, -0.25) is 9.59 Å². The smallest absolute Gasteiger partial charge is 0.258 e. The summed E-state index contributed by atoms with van der Waals surface area (Å²) in [6.45, 7) is 1.77. The monoisotopic (exact) mass is 424 g/mol. The third-order valence-electron chi connectivity index (χ3n) is 6.69. The van der Waals surface area contributed by atoms with Crippen LogP contribution in [0.25, 0.3) is 0 Å². The first kappa shape index (κ1) is 21.3. The first-order valence-corrected chi connectivity index (χ1v) is 11.0. The number of methoxy groups -OCH3 is 1. The number of ether oxygens (including phenoxy) is 1. The molecule has 31 heavy (non-hydrogen) atoms. The Hall–Kier alpha value is -2.89. The summed E-state index contributed by atoms with van der Waals surface area (Å²) < 4.78 is 19.6.